The van der Waals surface area contributed by atoms with E-state index in [2.05, 4.69) is 9.97 Å². The van der Waals surface area contributed by atoms with E-state index < -0.39 is 10.9 Å². The van der Waals surface area contributed by atoms with Gasteiger partial charge in [-0.2, -0.15) is 4.98 Å². The van der Waals surface area contributed by atoms with Crippen LogP contribution >= 0.6 is 0 Å². The Balaban J connectivity index is 2.34. The van der Waals surface area contributed by atoms with Gasteiger partial charge in [-0.25, -0.2) is 9.78 Å². The Bertz CT molecular complexity index is 687. The number of benzene rings is 1. The molecule has 1 aromatic heterocycles. The molecular formula is C12H9N3O5. The van der Waals surface area contributed by atoms with Crippen LogP contribution in [0.25, 0.3) is 0 Å². The molecule has 8 heteroatoms. The van der Waals surface area contributed by atoms with Crippen LogP contribution in [0, 0.1) is 17.0 Å². The molecule has 0 saturated carbocycles. The summed E-state index contributed by atoms with van der Waals surface area (Å²) in [5, 5.41) is 19.5. The molecule has 20 heavy (non-hydrogen) atoms. The van der Waals surface area contributed by atoms with Crippen LogP contribution in [0.5, 0.6) is 11.8 Å². The lowest BCUT2D eigenvalue weighted by molar-refractivity contribution is -0.384. The topological polar surface area (TPSA) is 115 Å². The third-order valence-electron chi connectivity index (χ3n) is 2.44. The molecule has 0 aliphatic heterocycles. The number of hydrogen-bond acceptors (Lipinski definition) is 6. The van der Waals surface area contributed by atoms with Crippen molar-refractivity contribution in [2.45, 2.75) is 6.92 Å². The van der Waals surface area contributed by atoms with Gasteiger partial charge in [-0.3, -0.25) is 10.1 Å². The molecule has 0 fully saturated rings. The van der Waals surface area contributed by atoms with E-state index >= 15 is 0 Å². The number of hydrogen-bond donors (Lipinski definition) is 1. The van der Waals surface area contributed by atoms with Gasteiger partial charge in [-0.15, -0.1) is 0 Å². The van der Waals surface area contributed by atoms with Crippen molar-refractivity contribution in [2.24, 2.45) is 0 Å². The van der Waals surface area contributed by atoms with E-state index in [9.17, 15) is 14.9 Å². The maximum Gasteiger partial charge on any atom is 0.354 e. The number of aryl methyl sites for hydroxylation is 1. The lowest BCUT2D eigenvalue weighted by Crippen LogP contribution is -2.03. The van der Waals surface area contributed by atoms with Gasteiger partial charge in [-0.1, -0.05) is 0 Å². The SMILES string of the molecule is Cc1ccc([N+](=O)[O-])cc1Oc1nccc(C(=O)O)n1. The Hall–Kier alpha value is -3.03. The van der Waals surface area contributed by atoms with Gasteiger partial charge in [0, 0.05) is 12.3 Å². The van der Waals surface area contributed by atoms with Gasteiger partial charge in [0.15, 0.2) is 5.69 Å². The number of aromatic carboxylic acids is 1. The molecule has 8 nitrogen and oxygen atoms in total. The van der Waals surface area contributed by atoms with Crippen LogP contribution < -0.4 is 4.74 Å². The number of carbonyl (C=O) groups is 1. The van der Waals surface area contributed by atoms with E-state index in [1.165, 1.54) is 30.5 Å². The van der Waals surface area contributed by atoms with Crippen molar-refractivity contribution in [2.75, 3.05) is 0 Å². The molecule has 1 heterocycles. The molecule has 0 saturated heterocycles. The minimum atomic E-state index is -1.21. The molecule has 0 radical (unpaired) electrons. The fourth-order valence-corrected chi connectivity index (χ4v) is 1.42. The summed E-state index contributed by atoms with van der Waals surface area (Å²) < 4.78 is 5.30. The number of aromatic nitrogens is 2. The molecule has 0 aliphatic rings. The lowest BCUT2D eigenvalue weighted by Gasteiger charge is -2.06. The molecule has 0 aliphatic carbocycles. The van der Waals surface area contributed by atoms with E-state index in [4.69, 9.17) is 9.84 Å². The van der Waals surface area contributed by atoms with E-state index in [0.717, 1.165) is 0 Å². The highest BCUT2D eigenvalue weighted by molar-refractivity contribution is 5.85. The Morgan fingerprint density at radius 1 is 1.40 bits per heavy atom. The molecule has 0 atom stereocenters. The Labute approximate surface area is 112 Å². The van der Waals surface area contributed by atoms with Crippen molar-refractivity contribution in [1.82, 2.24) is 9.97 Å². The van der Waals surface area contributed by atoms with Crippen molar-refractivity contribution in [3.05, 3.63) is 51.8 Å². The van der Waals surface area contributed by atoms with Gasteiger partial charge >= 0.3 is 12.0 Å². The van der Waals surface area contributed by atoms with E-state index in [-0.39, 0.29) is 23.1 Å². The number of non-ortho nitro benzene ring substituents is 1. The van der Waals surface area contributed by atoms with E-state index in [1.54, 1.807) is 6.92 Å². The maximum atomic E-state index is 10.8. The largest absolute Gasteiger partial charge is 0.477 e. The molecule has 1 aromatic carbocycles. The second-order valence-corrected chi connectivity index (χ2v) is 3.84. The highest BCUT2D eigenvalue weighted by atomic mass is 16.6. The second kappa shape index (κ2) is 5.31. The van der Waals surface area contributed by atoms with Gasteiger partial charge in [0.05, 0.1) is 11.0 Å². The average Bonchev–Trinajstić information content (AvgIpc) is 2.41. The predicted molar refractivity (Wildman–Crippen MR) is 66.9 cm³/mol. The molecule has 0 spiro atoms. The van der Waals surface area contributed by atoms with Crippen LogP contribution in [-0.4, -0.2) is 26.0 Å². The van der Waals surface area contributed by atoms with Crippen LogP contribution in [0.2, 0.25) is 0 Å². The number of carboxylic acids is 1. The minimum Gasteiger partial charge on any atom is -0.477 e. The number of nitro benzene ring substituents is 1. The summed E-state index contributed by atoms with van der Waals surface area (Å²) in [4.78, 5) is 28.4. The van der Waals surface area contributed by atoms with Gasteiger partial charge in [0.25, 0.3) is 5.69 Å². The van der Waals surface area contributed by atoms with Gasteiger partial charge < -0.3 is 9.84 Å². The average molecular weight is 275 g/mol. The van der Waals surface area contributed by atoms with Crippen LogP contribution in [0.15, 0.2) is 30.5 Å². The predicted octanol–water partition coefficient (Wildman–Crippen LogP) is 2.18. The zero-order valence-corrected chi connectivity index (χ0v) is 10.3. The molecule has 102 valence electrons. The third kappa shape index (κ3) is 2.86. The molecule has 2 rings (SSSR count). The Morgan fingerprint density at radius 3 is 2.80 bits per heavy atom. The molecular weight excluding hydrogens is 266 g/mol. The Morgan fingerprint density at radius 2 is 2.15 bits per heavy atom. The smallest absolute Gasteiger partial charge is 0.354 e. The summed E-state index contributed by atoms with van der Waals surface area (Å²) in [5.41, 5.74) is 0.276. The first-order chi connectivity index (χ1) is 9.47. The van der Waals surface area contributed by atoms with Crippen LogP contribution in [0.4, 0.5) is 5.69 Å². The fourth-order valence-electron chi connectivity index (χ4n) is 1.42. The van der Waals surface area contributed by atoms with E-state index in [1.807, 2.05) is 0 Å². The lowest BCUT2D eigenvalue weighted by atomic mass is 10.2. The summed E-state index contributed by atoms with van der Waals surface area (Å²) >= 11 is 0. The summed E-state index contributed by atoms with van der Waals surface area (Å²) in [7, 11) is 0. The van der Waals surface area contributed by atoms with Gasteiger partial charge in [0.1, 0.15) is 5.75 Å². The Kier molecular flexibility index (Phi) is 3.56. The quantitative estimate of drug-likeness (QED) is 0.671. The van der Waals surface area contributed by atoms with Crippen LogP contribution in [0.3, 0.4) is 0 Å². The first-order valence-corrected chi connectivity index (χ1v) is 5.46. The van der Waals surface area contributed by atoms with Crippen LogP contribution in [0.1, 0.15) is 16.1 Å². The van der Waals surface area contributed by atoms with E-state index in [0.29, 0.717) is 5.56 Å². The van der Waals surface area contributed by atoms with Crippen molar-refractivity contribution in [1.29, 1.82) is 0 Å². The van der Waals surface area contributed by atoms with Crippen molar-refractivity contribution in [3.63, 3.8) is 0 Å². The highest BCUT2D eigenvalue weighted by Crippen LogP contribution is 2.27. The molecule has 1 N–H and O–H groups in total. The summed E-state index contributed by atoms with van der Waals surface area (Å²) in [5.74, 6) is -1.02. The zero-order chi connectivity index (χ0) is 14.7. The number of nitrogens with zero attached hydrogens (tertiary/aromatic N) is 3. The minimum absolute atomic E-state index is 0.139. The second-order valence-electron chi connectivity index (χ2n) is 3.84. The molecule has 0 unspecified atom stereocenters. The normalized spacial score (nSPS) is 10.1. The number of nitro groups is 1. The van der Waals surface area contributed by atoms with Crippen molar-refractivity contribution < 1.29 is 19.6 Å². The number of rotatable bonds is 4. The molecule has 0 bridgehead atoms. The standard InChI is InChI=1S/C12H9N3O5/c1-7-2-3-8(15(18)19)6-10(7)20-12-13-5-4-9(14-12)11(16)17/h2-6H,1H3,(H,16,17). The first-order valence-electron chi connectivity index (χ1n) is 5.46. The zero-order valence-electron chi connectivity index (χ0n) is 10.3. The summed E-state index contributed by atoms with van der Waals surface area (Å²) in [6.07, 6.45) is 1.23. The third-order valence-corrected chi connectivity index (χ3v) is 2.44. The van der Waals surface area contributed by atoms with Crippen LogP contribution in [-0.2, 0) is 0 Å². The number of ether oxygens (including phenoxy) is 1. The molecule has 2 aromatic rings. The van der Waals surface area contributed by atoms with Crippen molar-refractivity contribution in [3.8, 4) is 11.8 Å². The van der Waals surface area contributed by atoms with Crippen molar-refractivity contribution >= 4 is 11.7 Å². The maximum absolute atomic E-state index is 10.8. The van der Waals surface area contributed by atoms with Gasteiger partial charge in [0.2, 0.25) is 0 Å². The highest BCUT2D eigenvalue weighted by Gasteiger charge is 2.13. The fraction of sp³-hybridized carbons (Fsp3) is 0.0833. The number of carboxylic acid groups (broad SMARTS) is 1. The summed E-state index contributed by atoms with van der Waals surface area (Å²) in [6, 6.07) is 5.13. The monoisotopic (exact) mass is 275 g/mol. The summed E-state index contributed by atoms with van der Waals surface area (Å²) in [6.45, 7) is 1.69. The molecule has 0 amide bonds. The van der Waals surface area contributed by atoms with Gasteiger partial charge in [-0.05, 0) is 24.6 Å². The first kappa shape index (κ1) is 13.4.